The van der Waals surface area contributed by atoms with E-state index >= 15 is 0 Å². The average Bonchev–Trinajstić information content (AvgIpc) is 3.06. The fraction of sp³-hybridized carbons (Fsp3) is 0.762. The van der Waals surface area contributed by atoms with Gasteiger partial charge in [0.05, 0.1) is 18.8 Å². The van der Waals surface area contributed by atoms with Crippen molar-refractivity contribution in [3.63, 3.8) is 0 Å². The Bertz CT molecular complexity index is 900. The van der Waals surface area contributed by atoms with Crippen molar-refractivity contribution >= 4 is 45.0 Å². The van der Waals surface area contributed by atoms with Crippen LogP contribution in [0.5, 0.6) is 0 Å². The van der Waals surface area contributed by atoms with Gasteiger partial charge in [-0.05, 0) is 36.9 Å². The molecule has 2 aromatic heterocycles. The van der Waals surface area contributed by atoms with Gasteiger partial charge in [0, 0.05) is 18.6 Å². The third-order valence-corrected chi connectivity index (χ3v) is 14.1. The number of fused-ring (bicyclic) bond motifs is 1. The van der Waals surface area contributed by atoms with Crippen LogP contribution in [-0.4, -0.2) is 59.2 Å². The standard InChI is InChI=1S/C21H37ClN5O2PSi/c1-8-30(9-2)13-28-16-10-15(14(16)11-29-31(6,7)21(3,4)5)27-12-24-17-18(22)25-20(23)26-19(17)27/h12,14-16H,8-11,13H2,1-7H3,(H2,23,25,26). The van der Waals surface area contributed by atoms with Crippen molar-refractivity contribution in [2.24, 2.45) is 5.92 Å². The minimum Gasteiger partial charge on any atom is -0.416 e. The van der Waals surface area contributed by atoms with Gasteiger partial charge in [0.15, 0.2) is 19.1 Å². The number of anilines is 1. The Morgan fingerprint density at radius 2 is 1.94 bits per heavy atom. The molecule has 0 amide bonds. The third-order valence-electron chi connectivity index (χ3n) is 7.01. The van der Waals surface area contributed by atoms with Crippen molar-refractivity contribution in [1.82, 2.24) is 19.5 Å². The van der Waals surface area contributed by atoms with Crippen LogP contribution in [0.1, 0.15) is 47.1 Å². The molecule has 3 rings (SSSR count). The number of nitrogen functional groups attached to an aromatic ring is 1. The van der Waals surface area contributed by atoms with Crippen molar-refractivity contribution in [2.75, 3.05) is 31.0 Å². The van der Waals surface area contributed by atoms with Gasteiger partial charge in [0.2, 0.25) is 5.95 Å². The Morgan fingerprint density at radius 3 is 2.55 bits per heavy atom. The zero-order valence-corrected chi connectivity index (χ0v) is 22.5. The molecule has 1 aliphatic carbocycles. The molecule has 3 atom stereocenters. The van der Waals surface area contributed by atoms with Crippen LogP contribution in [-0.2, 0) is 9.16 Å². The van der Waals surface area contributed by atoms with Gasteiger partial charge in [0.1, 0.15) is 5.52 Å². The lowest BCUT2D eigenvalue weighted by Crippen LogP contribution is -2.50. The van der Waals surface area contributed by atoms with Crippen molar-refractivity contribution in [2.45, 2.75) is 71.3 Å². The summed E-state index contributed by atoms with van der Waals surface area (Å²) in [5.41, 5.74) is 7.13. The van der Waals surface area contributed by atoms with E-state index < -0.39 is 8.32 Å². The number of halogens is 1. The molecular weight excluding hydrogens is 449 g/mol. The zero-order valence-electron chi connectivity index (χ0n) is 19.9. The first-order valence-corrected chi connectivity index (χ1v) is 16.3. The first-order valence-electron chi connectivity index (χ1n) is 11.1. The molecule has 0 radical (unpaired) electrons. The van der Waals surface area contributed by atoms with Crippen molar-refractivity contribution in [3.05, 3.63) is 11.5 Å². The monoisotopic (exact) mass is 485 g/mol. The molecule has 1 aliphatic rings. The van der Waals surface area contributed by atoms with E-state index in [1.807, 2.05) is 0 Å². The Balaban J connectivity index is 1.82. The summed E-state index contributed by atoms with van der Waals surface area (Å²) >= 11 is 6.25. The average molecular weight is 486 g/mol. The van der Waals surface area contributed by atoms with Gasteiger partial charge >= 0.3 is 0 Å². The molecule has 31 heavy (non-hydrogen) atoms. The summed E-state index contributed by atoms with van der Waals surface area (Å²) in [6.07, 6.45) is 6.17. The Kier molecular flexibility index (Phi) is 7.69. The van der Waals surface area contributed by atoms with Gasteiger partial charge in [0.25, 0.3) is 0 Å². The molecular formula is C21H37ClN5O2PSi. The molecule has 1 fully saturated rings. The Labute approximate surface area is 193 Å². The van der Waals surface area contributed by atoms with Gasteiger partial charge in [-0.1, -0.05) is 54.1 Å². The number of hydrogen-bond acceptors (Lipinski definition) is 6. The molecule has 0 saturated heterocycles. The van der Waals surface area contributed by atoms with Crippen molar-refractivity contribution in [3.8, 4) is 0 Å². The molecule has 0 aromatic carbocycles. The summed E-state index contributed by atoms with van der Waals surface area (Å²) in [6, 6.07) is 0.194. The second-order valence-corrected chi connectivity index (χ2v) is 17.9. The smallest absolute Gasteiger partial charge is 0.223 e. The minimum absolute atomic E-state index is 0.0543. The second-order valence-electron chi connectivity index (χ2n) is 9.87. The van der Waals surface area contributed by atoms with Crippen LogP contribution in [0.25, 0.3) is 11.2 Å². The van der Waals surface area contributed by atoms with E-state index in [-0.39, 0.29) is 37.0 Å². The predicted molar refractivity (Wildman–Crippen MR) is 133 cm³/mol. The maximum atomic E-state index is 6.62. The lowest BCUT2D eigenvalue weighted by Gasteiger charge is -2.47. The first kappa shape index (κ1) is 24.8. The minimum atomic E-state index is -1.87. The molecule has 3 unspecified atom stereocenters. The summed E-state index contributed by atoms with van der Waals surface area (Å²) in [5.74, 6) is 0.407. The van der Waals surface area contributed by atoms with E-state index in [1.54, 1.807) is 6.33 Å². The van der Waals surface area contributed by atoms with Gasteiger partial charge in [-0.25, -0.2) is 4.98 Å². The lowest BCUT2D eigenvalue weighted by atomic mass is 9.76. The van der Waals surface area contributed by atoms with Crippen LogP contribution in [0.15, 0.2) is 6.33 Å². The van der Waals surface area contributed by atoms with Gasteiger partial charge in [-0.3, -0.25) is 0 Å². The number of nitrogens with zero attached hydrogens (tertiary/aromatic N) is 4. The number of hydrogen-bond donors (Lipinski definition) is 1. The Morgan fingerprint density at radius 1 is 1.26 bits per heavy atom. The summed E-state index contributed by atoms with van der Waals surface area (Å²) in [7, 11) is -1.92. The molecule has 174 valence electrons. The molecule has 2 aromatic rings. The third kappa shape index (κ3) is 5.24. The topological polar surface area (TPSA) is 88.1 Å². The van der Waals surface area contributed by atoms with Gasteiger partial charge < -0.3 is 19.5 Å². The SMILES string of the molecule is CCP(CC)COC1CC(n2cnc3c(Cl)nc(N)nc32)C1CO[Si](C)(C)C(C)(C)C. The van der Waals surface area contributed by atoms with Crippen LogP contribution >= 0.6 is 19.5 Å². The number of ether oxygens (including phenoxy) is 1. The summed E-state index contributed by atoms with van der Waals surface area (Å²) in [4.78, 5) is 12.9. The van der Waals surface area contributed by atoms with Crippen LogP contribution in [0.2, 0.25) is 23.3 Å². The molecule has 2 heterocycles. The first-order chi connectivity index (χ1) is 14.5. The highest BCUT2D eigenvalue weighted by Crippen LogP contribution is 2.46. The zero-order chi connectivity index (χ0) is 23.0. The highest BCUT2D eigenvalue weighted by Gasteiger charge is 2.46. The maximum absolute atomic E-state index is 6.62. The molecule has 0 spiro atoms. The fourth-order valence-electron chi connectivity index (χ4n) is 3.64. The van der Waals surface area contributed by atoms with Gasteiger partial charge in [-0.2, -0.15) is 9.97 Å². The lowest BCUT2D eigenvalue weighted by molar-refractivity contribution is -0.0805. The van der Waals surface area contributed by atoms with Crippen LogP contribution in [0, 0.1) is 5.92 Å². The van der Waals surface area contributed by atoms with Crippen LogP contribution < -0.4 is 5.73 Å². The number of rotatable bonds is 9. The second kappa shape index (κ2) is 9.60. The number of nitrogens with two attached hydrogens (primary N) is 1. The summed E-state index contributed by atoms with van der Waals surface area (Å²) in [5, 5.41) is 0.456. The number of imidazole rings is 1. The van der Waals surface area contributed by atoms with Crippen LogP contribution in [0.3, 0.4) is 0 Å². The molecule has 1 saturated carbocycles. The molecule has 0 bridgehead atoms. The summed E-state index contributed by atoms with van der Waals surface area (Å²) < 4.78 is 15.1. The highest BCUT2D eigenvalue weighted by atomic mass is 35.5. The fourth-order valence-corrected chi connectivity index (χ4v) is 6.12. The molecule has 7 nitrogen and oxygen atoms in total. The van der Waals surface area contributed by atoms with Gasteiger partial charge in [-0.15, -0.1) is 0 Å². The largest absolute Gasteiger partial charge is 0.416 e. The highest BCUT2D eigenvalue weighted by molar-refractivity contribution is 7.57. The molecule has 10 heteroatoms. The number of aromatic nitrogens is 4. The van der Waals surface area contributed by atoms with E-state index in [9.17, 15) is 0 Å². The van der Waals surface area contributed by atoms with E-state index in [1.165, 1.54) is 12.3 Å². The normalized spacial score (nSPS) is 22.3. The van der Waals surface area contributed by atoms with Crippen molar-refractivity contribution in [1.29, 1.82) is 0 Å². The van der Waals surface area contributed by atoms with Crippen LogP contribution in [0.4, 0.5) is 5.95 Å². The van der Waals surface area contributed by atoms with Crippen molar-refractivity contribution < 1.29 is 9.16 Å². The van der Waals surface area contributed by atoms with E-state index in [4.69, 9.17) is 26.5 Å². The Hall–Kier alpha value is -0.793. The predicted octanol–water partition coefficient (Wildman–Crippen LogP) is 5.51. The van der Waals surface area contributed by atoms with E-state index in [0.717, 1.165) is 12.8 Å². The maximum Gasteiger partial charge on any atom is 0.223 e. The molecule has 2 N–H and O–H groups in total. The summed E-state index contributed by atoms with van der Waals surface area (Å²) in [6.45, 7) is 16.6. The van der Waals surface area contributed by atoms with E-state index in [0.29, 0.717) is 22.9 Å². The quantitative estimate of drug-likeness (QED) is 0.286. The molecule has 0 aliphatic heterocycles. The van der Waals surface area contributed by atoms with E-state index in [2.05, 4.69) is 67.2 Å².